The maximum absolute atomic E-state index is 12.7. The number of rotatable bonds is 5. The minimum absolute atomic E-state index is 0.256. The Balaban J connectivity index is 3.21. The molecule has 0 N–H and O–H groups in total. The molecule has 0 aliphatic heterocycles. The topological polar surface area (TPSA) is 17.1 Å². The molecule has 0 aromatic heterocycles. The van der Waals surface area contributed by atoms with Crippen molar-refractivity contribution in [2.45, 2.75) is 26.4 Å². The van der Waals surface area contributed by atoms with Crippen LogP contribution in [0.4, 0.5) is 13.2 Å². The molecule has 1 nitrogen and oxygen atoms in total. The molecule has 0 amide bonds. The maximum Gasteiger partial charge on any atom is 0.416 e. The first kappa shape index (κ1) is 17.3. The molecule has 5 heteroatoms. The standard InChI is InChI=1S/C16H15F3OS/c1-10(7-11(2)21)15(12(3)20)9-13-5-4-6-14(8-13)16(17,18)19/h4-6,8-9H,1,7H2,2-3H3/b15-9-. The minimum atomic E-state index is -4.41. The molecule has 0 saturated heterocycles. The molecule has 0 spiro atoms. The van der Waals surface area contributed by atoms with Crippen LogP contribution in [0.1, 0.15) is 31.4 Å². The molecule has 1 aromatic carbocycles. The molecule has 112 valence electrons. The summed E-state index contributed by atoms with van der Waals surface area (Å²) in [6.45, 7) is 6.86. The van der Waals surface area contributed by atoms with Gasteiger partial charge in [0.25, 0.3) is 0 Å². The number of halogens is 3. The van der Waals surface area contributed by atoms with Gasteiger partial charge in [0.2, 0.25) is 0 Å². The molecule has 0 radical (unpaired) electrons. The lowest BCUT2D eigenvalue weighted by Crippen LogP contribution is -2.05. The second-order valence-electron chi connectivity index (χ2n) is 4.72. The molecule has 1 rings (SSSR count). The van der Waals surface area contributed by atoms with Crippen LogP contribution in [-0.4, -0.2) is 10.6 Å². The summed E-state index contributed by atoms with van der Waals surface area (Å²) in [5, 5.41) is 0. The first-order chi connectivity index (χ1) is 9.61. The molecule has 0 saturated carbocycles. The lowest BCUT2D eigenvalue weighted by atomic mass is 9.97. The van der Waals surface area contributed by atoms with E-state index in [9.17, 15) is 18.0 Å². The maximum atomic E-state index is 12.7. The summed E-state index contributed by atoms with van der Waals surface area (Å²) in [4.78, 5) is 12.3. The van der Waals surface area contributed by atoms with Gasteiger partial charge in [-0.3, -0.25) is 4.79 Å². The fourth-order valence-corrected chi connectivity index (χ4v) is 1.99. The van der Waals surface area contributed by atoms with Crippen molar-refractivity contribution < 1.29 is 18.0 Å². The average Bonchev–Trinajstić information content (AvgIpc) is 2.34. The number of alkyl halides is 3. The van der Waals surface area contributed by atoms with Crippen LogP contribution in [0.15, 0.2) is 42.0 Å². The van der Waals surface area contributed by atoms with Gasteiger partial charge in [0.15, 0.2) is 5.78 Å². The summed E-state index contributed by atoms with van der Waals surface area (Å²) in [6.07, 6.45) is -2.64. The van der Waals surface area contributed by atoms with E-state index in [2.05, 4.69) is 6.58 Å². The van der Waals surface area contributed by atoms with Gasteiger partial charge in [-0.1, -0.05) is 30.9 Å². The molecule has 0 heterocycles. The molecule has 0 bridgehead atoms. The van der Waals surface area contributed by atoms with Crippen LogP contribution in [0.3, 0.4) is 0 Å². The van der Waals surface area contributed by atoms with Crippen LogP contribution in [0, 0.1) is 0 Å². The third-order valence-electron chi connectivity index (χ3n) is 2.75. The van der Waals surface area contributed by atoms with Gasteiger partial charge in [-0.25, -0.2) is 0 Å². The summed E-state index contributed by atoms with van der Waals surface area (Å²) in [7, 11) is 0. The molecule has 0 aliphatic carbocycles. The Morgan fingerprint density at radius 3 is 2.43 bits per heavy atom. The van der Waals surface area contributed by atoms with E-state index in [4.69, 9.17) is 12.2 Å². The predicted molar refractivity (Wildman–Crippen MR) is 82.1 cm³/mol. The van der Waals surface area contributed by atoms with Crippen LogP contribution >= 0.6 is 12.2 Å². The minimum Gasteiger partial charge on any atom is -0.295 e. The number of thiocarbonyl (C=S) groups is 1. The zero-order valence-electron chi connectivity index (χ0n) is 11.8. The number of Topliss-reactive ketones (excluding diaryl/α,β-unsaturated/α-hetero) is 1. The summed E-state index contributed by atoms with van der Waals surface area (Å²) in [5.41, 5.74) is 0.347. The number of allylic oxidation sites excluding steroid dienone is 2. The number of benzene rings is 1. The number of ketones is 1. The van der Waals surface area contributed by atoms with Gasteiger partial charge in [-0.2, -0.15) is 13.2 Å². The highest BCUT2D eigenvalue weighted by molar-refractivity contribution is 7.80. The van der Waals surface area contributed by atoms with Crippen molar-refractivity contribution in [1.82, 2.24) is 0 Å². The Kier molecular flexibility index (Phi) is 5.61. The highest BCUT2D eigenvalue weighted by Crippen LogP contribution is 2.30. The van der Waals surface area contributed by atoms with Crippen molar-refractivity contribution >= 4 is 28.9 Å². The van der Waals surface area contributed by atoms with Crippen LogP contribution < -0.4 is 0 Å². The van der Waals surface area contributed by atoms with Gasteiger partial charge in [-0.15, -0.1) is 0 Å². The first-order valence-electron chi connectivity index (χ1n) is 6.18. The summed E-state index contributed by atoms with van der Waals surface area (Å²) < 4.78 is 38.0. The SMILES string of the molecule is C=C(CC(C)=S)/C(=C/c1cccc(C(F)(F)F)c1)C(C)=O. The molecule has 1 aromatic rings. The molecule has 0 aliphatic rings. The van der Waals surface area contributed by atoms with E-state index < -0.39 is 11.7 Å². The van der Waals surface area contributed by atoms with Crippen LogP contribution in [-0.2, 0) is 11.0 Å². The van der Waals surface area contributed by atoms with Gasteiger partial charge < -0.3 is 0 Å². The van der Waals surface area contributed by atoms with Crippen molar-refractivity contribution in [3.05, 3.63) is 53.1 Å². The van der Waals surface area contributed by atoms with E-state index in [0.717, 1.165) is 12.1 Å². The van der Waals surface area contributed by atoms with E-state index in [1.54, 1.807) is 6.92 Å². The second kappa shape index (κ2) is 6.80. The van der Waals surface area contributed by atoms with Gasteiger partial charge in [0.1, 0.15) is 0 Å². The van der Waals surface area contributed by atoms with Crippen molar-refractivity contribution in [1.29, 1.82) is 0 Å². The highest BCUT2D eigenvalue weighted by Gasteiger charge is 2.30. The fourth-order valence-electron chi connectivity index (χ4n) is 1.82. The molecule has 21 heavy (non-hydrogen) atoms. The van der Waals surface area contributed by atoms with E-state index in [1.807, 2.05) is 0 Å². The number of carbonyl (C=O) groups excluding carboxylic acids is 1. The lowest BCUT2D eigenvalue weighted by molar-refractivity contribution is -0.137. The van der Waals surface area contributed by atoms with Crippen molar-refractivity contribution in [3.63, 3.8) is 0 Å². The fraction of sp³-hybridized carbons (Fsp3) is 0.250. The van der Waals surface area contributed by atoms with Crippen LogP contribution in [0.2, 0.25) is 0 Å². The van der Waals surface area contributed by atoms with Crippen molar-refractivity contribution in [3.8, 4) is 0 Å². The van der Waals surface area contributed by atoms with Gasteiger partial charge in [0, 0.05) is 12.0 Å². The predicted octanol–water partition coefficient (Wildman–Crippen LogP) is 5.01. The number of hydrogen-bond donors (Lipinski definition) is 0. The van der Waals surface area contributed by atoms with Crippen molar-refractivity contribution in [2.75, 3.05) is 0 Å². The third kappa shape index (κ3) is 5.27. The second-order valence-corrected chi connectivity index (χ2v) is 5.42. The number of hydrogen-bond acceptors (Lipinski definition) is 2. The Bertz CT molecular complexity index is 612. The summed E-state index contributed by atoms with van der Waals surface area (Å²) in [6, 6.07) is 4.80. The normalized spacial score (nSPS) is 12.1. The molecule has 0 fully saturated rings. The third-order valence-corrected chi connectivity index (χ3v) is 2.89. The largest absolute Gasteiger partial charge is 0.416 e. The first-order valence-corrected chi connectivity index (χ1v) is 6.59. The number of carbonyl (C=O) groups is 1. The zero-order valence-corrected chi connectivity index (χ0v) is 12.6. The van der Waals surface area contributed by atoms with E-state index in [1.165, 1.54) is 25.1 Å². The molecular weight excluding hydrogens is 297 g/mol. The van der Waals surface area contributed by atoms with Gasteiger partial charge >= 0.3 is 6.18 Å². The quantitative estimate of drug-likeness (QED) is 0.432. The van der Waals surface area contributed by atoms with Gasteiger partial charge in [0.05, 0.1) is 5.56 Å². The summed E-state index contributed by atoms with van der Waals surface area (Å²) >= 11 is 4.96. The van der Waals surface area contributed by atoms with E-state index in [-0.39, 0.29) is 5.78 Å². The highest BCUT2D eigenvalue weighted by atomic mass is 32.1. The zero-order chi connectivity index (χ0) is 16.2. The Hall–Kier alpha value is -1.75. The average molecular weight is 312 g/mol. The van der Waals surface area contributed by atoms with Gasteiger partial charge in [-0.05, 0) is 48.1 Å². The smallest absolute Gasteiger partial charge is 0.295 e. The van der Waals surface area contributed by atoms with E-state index in [0.29, 0.717) is 28.0 Å². The molecule has 0 unspecified atom stereocenters. The van der Waals surface area contributed by atoms with Crippen molar-refractivity contribution in [2.24, 2.45) is 0 Å². The summed E-state index contributed by atoms with van der Waals surface area (Å²) in [5.74, 6) is -0.256. The van der Waals surface area contributed by atoms with Crippen LogP contribution in [0.5, 0.6) is 0 Å². The van der Waals surface area contributed by atoms with E-state index >= 15 is 0 Å². The molecular formula is C16H15F3OS. The lowest BCUT2D eigenvalue weighted by Gasteiger charge is -2.09. The monoisotopic (exact) mass is 312 g/mol. The Morgan fingerprint density at radius 1 is 1.33 bits per heavy atom. The Morgan fingerprint density at radius 2 is 1.95 bits per heavy atom. The Labute approximate surface area is 127 Å². The molecule has 0 atom stereocenters. The van der Waals surface area contributed by atoms with Crippen LogP contribution in [0.25, 0.3) is 6.08 Å².